The molecule has 1 atom stereocenters. The number of carbonyl (C=O) groups excluding carboxylic acids is 1. The largest absolute Gasteiger partial charge is 0.355 e. The molecule has 4 aromatic rings. The maximum absolute atomic E-state index is 13.4. The maximum atomic E-state index is 13.4. The lowest BCUT2D eigenvalue weighted by molar-refractivity contribution is -0.135. The van der Waals surface area contributed by atoms with Gasteiger partial charge >= 0.3 is 0 Å². The number of benzene rings is 2. The van der Waals surface area contributed by atoms with E-state index in [4.69, 9.17) is 5.10 Å². The Kier molecular flexibility index (Phi) is 6.33. The van der Waals surface area contributed by atoms with Crippen molar-refractivity contribution in [3.63, 3.8) is 0 Å². The molecule has 2 aromatic heterocycles. The van der Waals surface area contributed by atoms with Crippen molar-refractivity contribution < 1.29 is 4.79 Å². The highest BCUT2D eigenvalue weighted by Gasteiger charge is 2.29. The van der Waals surface area contributed by atoms with Gasteiger partial charge in [0.1, 0.15) is 5.82 Å². The average molecular weight is 453 g/mol. The van der Waals surface area contributed by atoms with Gasteiger partial charge in [-0.15, -0.1) is 0 Å². The fourth-order valence-corrected chi connectivity index (χ4v) is 4.56. The number of amides is 1. The summed E-state index contributed by atoms with van der Waals surface area (Å²) in [4.78, 5) is 26.0. The molecule has 0 aliphatic carbocycles. The Bertz CT molecular complexity index is 1230. The SMILES string of the molecule is CN(Cc1cn(-c2ccccc2)nc1-c1ccccc1)C(=O)C1CCCN(c2cnccn2)C1. The predicted molar refractivity (Wildman–Crippen MR) is 132 cm³/mol. The molecule has 7 heteroatoms. The van der Waals surface area contributed by atoms with Crippen LogP contribution in [0.4, 0.5) is 5.82 Å². The molecule has 0 spiro atoms. The molecule has 1 aliphatic rings. The number of nitrogens with zero attached hydrogens (tertiary/aromatic N) is 6. The molecule has 5 rings (SSSR count). The summed E-state index contributed by atoms with van der Waals surface area (Å²) in [5.74, 6) is 0.920. The lowest BCUT2D eigenvalue weighted by atomic mass is 9.96. The molecular formula is C27H28N6O. The zero-order chi connectivity index (χ0) is 23.3. The summed E-state index contributed by atoms with van der Waals surface area (Å²) in [7, 11) is 1.89. The second-order valence-electron chi connectivity index (χ2n) is 8.69. The van der Waals surface area contributed by atoms with E-state index in [2.05, 4.69) is 27.0 Å². The minimum absolute atomic E-state index is 0.0647. The molecule has 1 unspecified atom stereocenters. The van der Waals surface area contributed by atoms with E-state index in [0.717, 1.165) is 47.7 Å². The lowest BCUT2D eigenvalue weighted by Gasteiger charge is -2.34. The minimum Gasteiger partial charge on any atom is -0.355 e. The first-order chi connectivity index (χ1) is 16.7. The third kappa shape index (κ3) is 4.69. The third-order valence-electron chi connectivity index (χ3n) is 6.29. The third-order valence-corrected chi connectivity index (χ3v) is 6.29. The van der Waals surface area contributed by atoms with Gasteiger partial charge in [-0.25, -0.2) is 9.67 Å². The summed E-state index contributed by atoms with van der Waals surface area (Å²) < 4.78 is 1.90. The van der Waals surface area contributed by atoms with Crippen molar-refractivity contribution in [1.29, 1.82) is 0 Å². The standard InChI is InChI=1S/C27H28N6O/c1-31(27(34)22-11-8-16-32(19-22)25-17-28-14-15-29-25)18-23-20-33(24-12-6-3-7-13-24)30-26(23)21-9-4-2-5-10-21/h2-7,9-10,12-15,17,20,22H,8,11,16,18-19H2,1H3. The Morgan fingerprint density at radius 1 is 1.06 bits per heavy atom. The molecule has 1 saturated heterocycles. The molecule has 1 fully saturated rings. The van der Waals surface area contributed by atoms with E-state index >= 15 is 0 Å². The highest BCUT2D eigenvalue weighted by molar-refractivity contribution is 5.80. The van der Waals surface area contributed by atoms with E-state index in [-0.39, 0.29) is 11.8 Å². The van der Waals surface area contributed by atoms with E-state index in [1.807, 2.05) is 71.4 Å². The molecule has 2 aromatic carbocycles. The van der Waals surface area contributed by atoms with Gasteiger partial charge in [0, 0.05) is 56.4 Å². The highest BCUT2D eigenvalue weighted by Crippen LogP contribution is 2.27. The molecule has 1 aliphatic heterocycles. The van der Waals surface area contributed by atoms with Crippen LogP contribution in [0.1, 0.15) is 18.4 Å². The Balaban J connectivity index is 1.37. The van der Waals surface area contributed by atoms with Gasteiger partial charge in [-0.3, -0.25) is 9.78 Å². The molecular weight excluding hydrogens is 424 g/mol. The molecule has 0 saturated carbocycles. The first kappa shape index (κ1) is 21.8. The van der Waals surface area contributed by atoms with Gasteiger partial charge in [0.05, 0.1) is 23.5 Å². The molecule has 0 N–H and O–H groups in total. The summed E-state index contributed by atoms with van der Waals surface area (Å²) in [6, 6.07) is 20.2. The van der Waals surface area contributed by atoms with Crippen LogP contribution in [0.2, 0.25) is 0 Å². The topological polar surface area (TPSA) is 67.2 Å². The number of rotatable bonds is 6. The van der Waals surface area contributed by atoms with E-state index in [0.29, 0.717) is 13.1 Å². The van der Waals surface area contributed by atoms with Crippen LogP contribution in [0.25, 0.3) is 16.9 Å². The van der Waals surface area contributed by atoms with Crippen LogP contribution in [-0.2, 0) is 11.3 Å². The number of hydrogen-bond acceptors (Lipinski definition) is 5. The number of aromatic nitrogens is 4. The molecule has 3 heterocycles. The van der Waals surface area contributed by atoms with Crippen molar-refractivity contribution in [2.75, 3.05) is 25.0 Å². The first-order valence-electron chi connectivity index (χ1n) is 11.6. The average Bonchev–Trinajstić information content (AvgIpc) is 3.33. The quantitative estimate of drug-likeness (QED) is 0.439. The summed E-state index contributed by atoms with van der Waals surface area (Å²) in [6.07, 6.45) is 9.01. The summed E-state index contributed by atoms with van der Waals surface area (Å²) in [5, 5.41) is 4.88. The zero-order valence-corrected chi connectivity index (χ0v) is 19.3. The number of hydrogen-bond donors (Lipinski definition) is 0. The van der Waals surface area contributed by atoms with Crippen molar-refractivity contribution in [2.45, 2.75) is 19.4 Å². The molecule has 0 radical (unpaired) electrons. The smallest absolute Gasteiger partial charge is 0.227 e. The van der Waals surface area contributed by atoms with Crippen molar-refractivity contribution >= 4 is 11.7 Å². The summed E-state index contributed by atoms with van der Waals surface area (Å²) in [6.45, 7) is 2.06. The van der Waals surface area contributed by atoms with Crippen LogP contribution in [0.15, 0.2) is 85.5 Å². The fraction of sp³-hybridized carbons (Fsp3) is 0.259. The number of para-hydroxylation sites is 1. The Labute approximate surface area is 199 Å². The van der Waals surface area contributed by atoms with E-state index in [1.54, 1.807) is 18.6 Å². The maximum Gasteiger partial charge on any atom is 0.227 e. The van der Waals surface area contributed by atoms with E-state index in [1.165, 1.54) is 0 Å². The van der Waals surface area contributed by atoms with Crippen molar-refractivity contribution in [3.05, 3.63) is 91.0 Å². The number of carbonyl (C=O) groups is 1. The summed E-state index contributed by atoms with van der Waals surface area (Å²) in [5.41, 5.74) is 3.95. The second-order valence-corrected chi connectivity index (χ2v) is 8.69. The van der Waals surface area contributed by atoms with Crippen molar-refractivity contribution in [1.82, 2.24) is 24.6 Å². The normalized spacial score (nSPS) is 15.8. The van der Waals surface area contributed by atoms with Gasteiger partial charge in [0.25, 0.3) is 0 Å². The zero-order valence-electron chi connectivity index (χ0n) is 19.3. The first-order valence-corrected chi connectivity index (χ1v) is 11.6. The van der Waals surface area contributed by atoms with Crippen LogP contribution in [0.3, 0.4) is 0 Å². The summed E-state index contributed by atoms with van der Waals surface area (Å²) >= 11 is 0. The van der Waals surface area contributed by atoms with Gasteiger partial charge < -0.3 is 9.80 Å². The highest BCUT2D eigenvalue weighted by atomic mass is 16.2. The molecule has 34 heavy (non-hydrogen) atoms. The van der Waals surface area contributed by atoms with E-state index in [9.17, 15) is 4.79 Å². The Hall–Kier alpha value is -4.00. The van der Waals surface area contributed by atoms with Crippen molar-refractivity contribution in [3.8, 4) is 16.9 Å². The van der Waals surface area contributed by atoms with Gasteiger partial charge in [-0.1, -0.05) is 48.5 Å². The van der Waals surface area contributed by atoms with Gasteiger partial charge in [0.15, 0.2) is 0 Å². The van der Waals surface area contributed by atoms with Crippen LogP contribution in [-0.4, -0.2) is 50.7 Å². The van der Waals surface area contributed by atoms with Crippen LogP contribution < -0.4 is 4.90 Å². The number of piperidine rings is 1. The van der Waals surface area contributed by atoms with Crippen LogP contribution >= 0.6 is 0 Å². The Morgan fingerprint density at radius 2 is 1.82 bits per heavy atom. The molecule has 1 amide bonds. The van der Waals surface area contributed by atoms with Crippen LogP contribution in [0.5, 0.6) is 0 Å². The van der Waals surface area contributed by atoms with Gasteiger partial charge in [-0.05, 0) is 25.0 Å². The monoisotopic (exact) mass is 452 g/mol. The Morgan fingerprint density at radius 3 is 2.56 bits per heavy atom. The molecule has 172 valence electrons. The second kappa shape index (κ2) is 9.87. The minimum atomic E-state index is -0.0647. The molecule has 0 bridgehead atoms. The lowest BCUT2D eigenvalue weighted by Crippen LogP contribution is -2.43. The van der Waals surface area contributed by atoms with E-state index < -0.39 is 0 Å². The number of anilines is 1. The van der Waals surface area contributed by atoms with Gasteiger partial charge in [0.2, 0.25) is 5.91 Å². The molecule has 7 nitrogen and oxygen atoms in total. The van der Waals surface area contributed by atoms with Crippen LogP contribution in [0, 0.1) is 5.92 Å². The van der Waals surface area contributed by atoms with Gasteiger partial charge in [-0.2, -0.15) is 5.10 Å². The predicted octanol–water partition coefficient (Wildman–Crippen LogP) is 4.20. The fourth-order valence-electron chi connectivity index (χ4n) is 4.56. The van der Waals surface area contributed by atoms with Crippen molar-refractivity contribution in [2.24, 2.45) is 5.92 Å².